The highest BCUT2D eigenvalue weighted by Gasteiger charge is 2.20. The van der Waals surface area contributed by atoms with Crippen LogP contribution < -0.4 is 5.32 Å². The molecule has 1 N–H and O–H groups in total. The lowest BCUT2D eigenvalue weighted by Crippen LogP contribution is -2.52. The standard InChI is InChI=1S/C19H24N6O/c1-2-21-19(22-14-17-5-3-4-16(12-17)13-20)25-9-7-24(8-10-25)15-18-6-11-26-23-18/h3-6,11-12H,2,7-10,14-15H2,1H3,(H,21,22). The SMILES string of the molecule is CCNC(=NCc1cccc(C#N)c1)N1CCN(Cc2ccon2)CC1. The Balaban J connectivity index is 1.58. The minimum Gasteiger partial charge on any atom is -0.364 e. The molecule has 0 unspecified atom stereocenters. The molecule has 1 aliphatic heterocycles. The molecule has 7 nitrogen and oxygen atoms in total. The van der Waals surface area contributed by atoms with Crippen LogP contribution in [0.25, 0.3) is 0 Å². The van der Waals surface area contributed by atoms with Gasteiger partial charge in [-0.2, -0.15) is 5.26 Å². The highest BCUT2D eigenvalue weighted by Crippen LogP contribution is 2.09. The first-order valence-corrected chi connectivity index (χ1v) is 8.92. The molecule has 26 heavy (non-hydrogen) atoms. The van der Waals surface area contributed by atoms with E-state index in [1.165, 1.54) is 0 Å². The first-order chi connectivity index (χ1) is 12.8. The minimum atomic E-state index is 0.566. The smallest absolute Gasteiger partial charge is 0.194 e. The van der Waals surface area contributed by atoms with Crippen LogP contribution in [0.15, 0.2) is 46.1 Å². The predicted octanol–water partition coefficient (Wildman–Crippen LogP) is 1.83. The topological polar surface area (TPSA) is 80.7 Å². The third-order valence-electron chi connectivity index (χ3n) is 4.35. The molecule has 1 saturated heterocycles. The number of piperazine rings is 1. The van der Waals surface area contributed by atoms with Gasteiger partial charge in [-0.25, -0.2) is 4.99 Å². The van der Waals surface area contributed by atoms with Crippen molar-refractivity contribution in [1.29, 1.82) is 5.26 Å². The van der Waals surface area contributed by atoms with E-state index >= 15 is 0 Å². The average Bonchev–Trinajstić information content (AvgIpc) is 3.19. The van der Waals surface area contributed by atoms with E-state index in [9.17, 15) is 0 Å². The summed E-state index contributed by atoms with van der Waals surface area (Å²) in [6.07, 6.45) is 1.61. The van der Waals surface area contributed by atoms with Crippen molar-refractivity contribution in [1.82, 2.24) is 20.3 Å². The number of nitriles is 1. The van der Waals surface area contributed by atoms with Crippen LogP contribution in [0.1, 0.15) is 23.7 Å². The van der Waals surface area contributed by atoms with Gasteiger partial charge in [0.25, 0.3) is 0 Å². The molecule has 1 fully saturated rings. The van der Waals surface area contributed by atoms with E-state index in [-0.39, 0.29) is 0 Å². The van der Waals surface area contributed by atoms with E-state index in [1.54, 1.807) is 6.26 Å². The zero-order valence-corrected chi connectivity index (χ0v) is 15.1. The molecule has 2 heterocycles. The highest BCUT2D eigenvalue weighted by atomic mass is 16.5. The van der Waals surface area contributed by atoms with Crippen molar-refractivity contribution in [3.05, 3.63) is 53.4 Å². The number of hydrogen-bond acceptors (Lipinski definition) is 5. The van der Waals surface area contributed by atoms with Gasteiger partial charge in [-0.15, -0.1) is 0 Å². The molecule has 0 spiro atoms. The Kier molecular flexibility index (Phi) is 6.23. The molecule has 1 aliphatic rings. The minimum absolute atomic E-state index is 0.566. The molecule has 0 saturated carbocycles. The Morgan fingerprint density at radius 3 is 2.85 bits per heavy atom. The first-order valence-electron chi connectivity index (χ1n) is 8.92. The van der Waals surface area contributed by atoms with Crippen molar-refractivity contribution in [3.8, 4) is 6.07 Å². The number of nitrogens with zero attached hydrogens (tertiary/aromatic N) is 5. The molecular formula is C19H24N6O. The first kappa shape index (κ1) is 18.0. The third-order valence-corrected chi connectivity index (χ3v) is 4.35. The van der Waals surface area contributed by atoms with E-state index in [0.29, 0.717) is 12.1 Å². The van der Waals surface area contributed by atoms with E-state index in [0.717, 1.165) is 56.5 Å². The molecule has 0 amide bonds. The van der Waals surface area contributed by atoms with Crippen molar-refractivity contribution in [3.63, 3.8) is 0 Å². The molecule has 3 rings (SSSR count). The zero-order chi connectivity index (χ0) is 18.2. The van der Waals surface area contributed by atoms with Gasteiger partial charge in [-0.05, 0) is 24.6 Å². The second-order valence-corrected chi connectivity index (χ2v) is 6.24. The van der Waals surface area contributed by atoms with Gasteiger partial charge < -0.3 is 14.7 Å². The number of guanidine groups is 1. The summed E-state index contributed by atoms with van der Waals surface area (Å²) in [5.41, 5.74) is 2.68. The lowest BCUT2D eigenvalue weighted by molar-refractivity contribution is 0.169. The van der Waals surface area contributed by atoms with Crippen molar-refractivity contribution >= 4 is 5.96 Å². The van der Waals surface area contributed by atoms with Gasteiger partial charge in [0.1, 0.15) is 6.26 Å². The summed E-state index contributed by atoms with van der Waals surface area (Å²) in [7, 11) is 0. The molecule has 2 aromatic rings. The summed E-state index contributed by atoms with van der Waals surface area (Å²) >= 11 is 0. The summed E-state index contributed by atoms with van der Waals surface area (Å²) in [5, 5.41) is 16.4. The predicted molar refractivity (Wildman–Crippen MR) is 99.3 cm³/mol. The van der Waals surface area contributed by atoms with Crippen molar-refractivity contribution < 1.29 is 4.52 Å². The Labute approximate surface area is 153 Å². The van der Waals surface area contributed by atoms with E-state index in [2.05, 4.69) is 33.3 Å². The number of nitrogens with one attached hydrogen (secondary N) is 1. The number of aliphatic imine (C=N–C) groups is 1. The summed E-state index contributed by atoms with van der Waals surface area (Å²) < 4.78 is 4.90. The van der Waals surface area contributed by atoms with Crippen LogP contribution >= 0.6 is 0 Å². The fourth-order valence-electron chi connectivity index (χ4n) is 3.00. The van der Waals surface area contributed by atoms with Gasteiger partial charge >= 0.3 is 0 Å². The Morgan fingerprint density at radius 2 is 2.15 bits per heavy atom. The summed E-state index contributed by atoms with van der Waals surface area (Å²) in [6, 6.07) is 11.7. The van der Waals surface area contributed by atoms with Crippen molar-refractivity contribution in [2.75, 3.05) is 32.7 Å². The molecule has 1 aromatic carbocycles. The maximum Gasteiger partial charge on any atom is 0.194 e. The van der Waals surface area contributed by atoms with Gasteiger partial charge in [-0.3, -0.25) is 4.90 Å². The summed E-state index contributed by atoms with van der Waals surface area (Å²) in [4.78, 5) is 9.42. The van der Waals surface area contributed by atoms with E-state index in [1.807, 2.05) is 30.3 Å². The van der Waals surface area contributed by atoms with Crippen LogP contribution in [-0.4, -0.2) is 53.6 Å². The van der Waals surface area contributed by atoms with Gasteiger partial charge in [-0.1, -0.05) is 17.3 Å². The molecule has 136 valence electrons. The van der Waals surface area contributed by atoms with Gasteiger partial charge in [0.2, 0.25) is 0 Å². The van der Waals surface area contributed by atoms with E-state index < -0.39 is 0 Å². The molecule has 7 heteroatoms. The summed E-state index contributed by atoms with van der Waals surface area (Å²) in [6.45, 7) is 8.05. The maximum atomic E-state index is 9.02. The fourth-order valence-corrected chi connectivity index (χ4v) is 3.00. The van der Waals surface area contributed by atoms with Crippen LogP contribution in [0.2, 0.25) is 0 Å². The normalized spacial score (nSPS) is 15.7. The number of hydrogen-bond donors (Lipinski definition) is 1. The van der Waals surface area contributed by atoms with Crippen molar-refractivity contribution in [2.45, 2.75) is 20.0 Å². The largest absolute Gasteiger partial charge is 0.364 e. The monoisotopic (exact) mass is 352 g/mol. The number of benzene rings is 1. The van der Waals surface area contributed by atoms with Crippen LogP contribution in [0.5, 0.6) is 0 Å². The lowest BCUT2D eigenvalue weighted by Gasteiger charge is -2.36. The van der Waals surface area contributed by atoms with Gasteiger partial charge in [0.05, 0.1) is 23.9 Å². The third kappa shape index (κ3) is 4.83. The second kappa shape index (κ2) is 9.02. The fraction of sp³-hybridized carbons (Fsp3) is 0.421. The molecule has 0 aliphatic carbocycles. The van der Waals surface area contributed by atoms with Crippen molar-refractivity contribution in [2.24, 2.45) is 4.99 Å². The number of rotatable bonds is 5. The zero-order valence-electron chi connectivity index (χ0n) is 15.1. The van der Waals surface area contributed by atoms with Gasteiger partial charge in [0, 0.05) is 45.3 Å². The Hall–Kier alpha value is -2.85. The number of aromatic nitrogens is 1. The molecule has 1 aromatic heterocycles. The van der Waals surface area contributed by atoms with Crippen LogP contribution in [0.4, 0.5) is 0 Å². The van der Waals surface area contributed by atoms with E-state index in [4.69, 9.17) is 14.8 Å². The molecule has 0 atom stereocenters. The quantitative estimate of drug-likeness (QED) is 0.653. The second-order valence-electron chi connectivity index (χ2n) is 6.24. The average molecular weight is 352 g/mol. The highest BCUT2D eigenvalue weighted by molar-refractivity contribution is 5.80. The van der Waals surface area contributed by atoms with Crippen LogP contribution in [-0.2, 0) is 13.1 Å². The van der Waals surface area contributed by atoms with Crippen LogP contribution in [0, 0.1) is 11.3 Å². The Bertz CT molecular complexity index is 757. The van der Waals surface area contributed by atoms with Crippen LogP contribution in [0.3, 0.4) is 0 Å². The maximum absolute atomic E-state index is 9.02. The molecular weight excluding hydrogens is 328 g/mol. The Morgan fingerprint density at radius 1 is 1.31 bits per heavy atom. The molecule has 0 radical (unpaired) electrons. The molecule has 0 bridgehead atoms. The summed E-state index contributed by atoms with van der Waals surface area (Å²) in [5.74, 6) is 0.927. The lowest BCUT2D eigenvalue weighted by atomic mass is 10.1. The van der Waals surface area contributed by atoms with Gasteiger partial charge in [0.15, 0.2) is 5.96 Å².